The highest BCUT2D eigenvalue weighted by atomic mass is 15.0. The van der Waals surface area contributed by atoms with E-state index in [0.29, 0.717) is 23.0 Å². The van der Waals surface area contributed by atoms with Crippen molar-refractivity contribution in [2.24, 2.45) is 0 Å². The second-order valence-corrected chi connectivity index (χ2v) is 13.1. The van der Waals surface area contributed by atoms with Gasteiger partial charge in [0.25, 0.3) is 0 Å². The lowest BCUT2D eigenvalue weighted by Crippen LogP contribution is -2.00. The van der Waals surface area contributed by atoms with Gasteiger partial charge in [-0.25, -0.2) is 15.0 Å². The Morgan fingerprint density at radius 2 is 0.769 bits per heavy atom. The lowest BCUT2D eigenvalue weighted by Gasteiger charge is -2.16. The summed E-state index contributed by atoms with van der Waals surface area (Å²) < 4.78 is 0. The zero-order chi connectivity index (χ0) is 34.6. The average molecular weight is 661 g/mol. The van der Waals surface area contributed by atoms with Gasteiger partial charge in [0.15, 0.2) is 17.5 Å². The molecule has 4 heteroatoms. The number of rotatable bonds is 5. The standard InChI is InChI=1S/C48H28N4/c49-29-30-15-16-31-17-22-36(28-37(31)27-30)39-24-26-43-41-14-8-7-13-40(41)42-25-23-38(44(39)45(42)43)32-18-20-35(21-19-32)48-51-46(33-9-3-1-4-10-33)50-47(52-48)34-11-5-2-6-12-34/h1-28H. The largest absolute Gasteiger partial charge is 0.208 e. The molecule has 1 heterocycles. The summed E-state index contributed by atoms with van der Waals surface area (Å²) in [5.74, 6) is 1.91. The summed E-state index contributed by atoms with van der Waals surface area (Å²) in [5, 5.41) is 14.3. The number of hydrogen-bond donors (Lipinski definition) is 0. The fourth-order valence-corrected chi connectivity index (χ4v) is 7.60. The minimum absolute atomic E-state index is 0.628. The molecule has 0 bridgehead atoms. The summed E-state index contributed by atoms with van der Waals surface area (Å²) in [4.78, 5) is 14.8. The predicted octanol–water partition coefficient (Wildman–Crippen LogP) is 12.0. The van der Waals surface area contributed by atoms with Crippen molar-refractivity contribution >= 4 is 21.5 Å². The summed E-state index contributed by atoms with van der Waals surface area (Å²) in [7, 11) is 0. The smallest absolute Gasteiger partial charge is 0.164 e. The van der Waals surface area contributed by atoms with Crippen LogP contribution >= 0.6 is 0 Å². The maximum absolute atomic E-state index is 9.60. The van der Waals surface area contributed by atoms with E-state index in [1.165, 1.54) is 33.0 Å². The molecule has 1 aromatic heterocycles. The molecule has 0 amide bonds. The van der Waals surface area contributed by atoms with Crippen molar-refractivity contribution in [1.29, 1.82) is 5.26 Å². The van der Waals surface area contributed by atoms with Gasteiger partial charge in [0.05, 0.1) is 11.6 Å². The average Bonchev–Trinajstić information content (AvgIpc) is 3.55. The molecule has 0 unspecified atom stereocenters. The van der Waals surface area contributed by atoms with Crippen molar-refractivity contribution in [2.45, 2.75) is 0 Å². The van der Waals surface area contributed by atoms with Crippen molar-refractivity contribution in [1.82, 2.24) is 15.0 Å². The molecule has 1 aliphatic carbocycles. The quantitative estimate of drug-likeness (QED) is 0.184. The molecule has 0 saturated carbocycles. The Labute approximate surface area is 301 Å². The molecular weight excluding hydrogens is 633 g/mol. The molecule has 0 atom stereocenters. The van der Waals surface area contributed by atoms with Crippen LogP contribution in [0.3, 0.4) is 0 Å². The van der Waals surface area contributed by atoms with Crippen LogP contribution in [0.4, 0.5) is 0 Å². The van der Waals surface area contributed by atoms with Gasteiger partial charge in [0.1, 0.15) is 0 Å². The number of benzene rings is 8. The molecule has 0 aliphatic heterocycles. The van der Waals surface area contributed by atoms with Crippen molar-refractivity contribution in [3.05, 3.63) is 175 Å². The molecular formula is C48H28N4. The van der Waals surface area contributed by atoms with E-state index in [4.69, 9.17) is 15.0 Å². The zero-order valence-electron chi connectivity index (χ0n) is 28.0. The molecule has 0 saturated heterocycles. The van der Waals surface area contributed by atoms with E-state index < -0.39 is 0 Å². The normalized spacial score (nSPS) is 11.4. The summed E-state index contributed by atoms with van der Waals surface area (Å²) >= 11 is 0. The molecule has 1 aliphatic rings. The highest BCUT2D eigenvalue weighted by Gasteiger charge is 2.25. The van der Waals surface area contributed by atoms with Gasteiger partial charge in [-0.05, 0) is 84.3 Å². The van der Waals surface area contributed by atoms with E-state index in [9.17, 15) is 5.26 Å². The fourth-order valence-electron chi connectivity index (χ4n) is 7.60. The highest BCUT2D eigenvalue weighted by Crippen LogP contribution is 2.52. The minimum atomic E-state index is 0.628. The number of nitrogens with zero attached hydrogens (tertiary/aromatic N) is 4. The molecule has 4 nitrogen and oxygen atoms in total. The molecule has 240 valence electrons. The Kier molecular flexibility index (Phi) is 6.84. The van der Waals surface area contributed by atoms with Crippen molar-refractivity contribution in [3.8, 4) is 84.7 Å². The van der Waals surface area contributed by atoms with Crippen LogP contribution in [0.2, 0.25) is 0 Å². The molecule has 0 radical (unpaired) electrons. The third kappa shape index (κ3) is 4.87. The van der Waals surface area contributed by atoms with Crippen LogP contribution in [0, 0.1) is 11.3 Å². The lowest BCUT2D eigenvalue weighted by molar-refractivity contribution is 1.07. The first-order valence-electron chi connectivity index (χ1n) is 17.3. The van der Waals surface area contributed by atoms with E-state index >= 15 is 0 Å². The van der Waals surface area contributed by atoms with E-state index in [-0.39, 0.29) is 0 Å². The summed E-state index contributed by atoms with van der Waals surface area (Å²) in [5.41, 5.74) is 13.0. The van der Waals surface area contributed by atoms with Gasteiger partial charge in [0.2, 0.25) is 0 Å². The Hall–Kier alpha value is -7.22. The minimum Gasteiger partial charge on any atom is -0.208 e. The highest BCUT2D eigenvalue weighted by molar-refractivity contribution is 6.22. The lowest BCUT2D eigenvalue weighted by atomic mass is 9.88. The van der Waals surface area contributed by atoms with Crippen LogP contribution in [0.25, 0.3) is 100 Å². The Bertz CT molecular complexity index is 2800. The molecule has 0 spiro atoms. The third-order valence-electron chi connectivity index (χ3n) is 10.1. The molecule has 8 aromatic carbocycles. The predicted molar refractivity (Wildman–Crippen MR) is 211 cm³/mol. The van der Waals surface area contributed by atoms with Crippen LogP contribution in [-0.2, 0) is 0 Å². The summed E-state index contributed by atoms with van der Waals surface area (Å²) in [6, 6.07) is 61.2. The van der Waals surface area contributed by atoms with E-state index in [0.717, 1.165) is 49.7 Å². The molecule has 0 N–H and O–H groups in total. The Morgan fingerprint density at radius 3 is 1.35 bits per heavy atom. The summed E-state index contributed by atoms with van der Waals surface area (Å²) in [6.07, 6.45) is 0. The first-order valence-corrected chi connectivity index (χ1v) is 17.3. The summed E-state index contributed by atoms with van der Waals surface area (Å²) in [6.45, 7) is 0. The van der Waals surface area contributed by atoms with Crippen LogP contribution in [0.1, 0.15) is 5.56 Å². The first kappa shape index (κ1) is 29.7. The van der Waals surface area contributed by atoms with Crippen LogP contribution < -0.4 is 0 Å². The van der Waals surface area contributed by atoms with Gasteiger partial charge in [-0.2, -0.15) is 5.26 Å². The van der Waals surface area contributed by atoms with Gasteiger partial charge in [-0.1, -0.05) is 152 Å². The Balaban J connectivity index is 1.15. The molecule has 10 rings (SSSR count). The number of aromatic nitrogens is 3. The van der Waals surface area contributed by atoms with Crippen LogP contribution in [0.5, 0.6) is 0 Å². The Morgan fingerprint density at radius 1 is 0.327 bits per heavy atom. The van der Waals surface area contributed by atoms with E-state index in [2.05, 4.69) is 97.1 Å². The van der Waals surface area contributed by atoms with Gasteiger partial charge >= 0.3 is 0 Å². The molecule has 0 fully saturated rings. The van der Waals surface area contributed by atoms with E-state index in [1.807, 2.05) is 78.9 Å². The number of fused-ring (bicyclic) bond motifs is 4. The second kappa shape index (κ2) is 12.0. The third-order valence-corrected chi connectivity index (χ3v) is 10.1. The first-order chi connectivity index (χ1) is 25.7. The van der Waals surface area contributed by atoms with E-state index in [1.54, 1.807) is 0 Å². The van der Waals surface area contributed by atoms with Gasteiger partial charge in [0, 0.05) is 16.7 Å². The van der Waals surface area contributed by atoms with Crippen molar-refractivity contribution < 1.29 is 0 Å². The maximum atomic E-state index is 9.60. The monoisotopic (exact) mass is 660 g/mol. The second-order valence-electron chi connectivity index (χ2n) is 13.1. The number of hydrogen-bond acceptors (Lipinski definition) is 4. The fraction of sp³-hybridized carbons (Fsp3) is 0. The molecule has 52 heavy (non-hydrogen) atoms. The van der Waals surface area contributed by atoms with Gasteiger partial charge in [-0.15, -0.1) is 0 Å². The van der Waals surface area contributed by atoms with Crippen molar-refractivity contribution in [3.63, 3.8) is 0 Å². The number of nitriles is 1. The van der Waals surface area contributed by atoms with Crippen LogP contribution in [0.15, 0.2) is 170 Å². The zero-order valence-corrected chi connectivity index (χ0v) is 28.0. The topological polar surface area (TPSA) is 62.5 Å². The van der Waals surface area contributed by atoms with Crippen LogP contribution in [-0.4, -0.2) is 15.0 Å². The van der Waals surface area contributed by atoms with Gasteiger partial charge < -0.3 is 0 Å². The van der Waals surface area contributed by atoms with Gasteiger partial charge in [-0.3, -0.25) is 0 Å². The molecule has 9 aromatic rings. The SMILES string of the molecule is N#Cc1ccc2ccc(-c3ccc4c5c(ccc(-c6ccc(-c7nc(-c8ccccc8)nc(-c8ccccc8)n7)cc6)c35)-c3ccccc3-4)cc2c1. The maximum Gasteiger partial charge on any atom is 0.164 e. The van der Waals surface area contributed by atoms with Crippen molar-refractivity contribution in [2.75, 3.05) is 0 Å².